The van der Waals surface area contributed by atoms with Crippen LogP contribution < -0.4 is 10.1 Å². The molecule has 6 heteroatoms. The van der Waals surface area contributed by atoms with E-state index in [0.29, 0.717) is 0 Å². The van der Waals surface area contributed by atoms with Crippen LogP contribution in [-0.2, 0) is 0 Å². The number of nitrogens with one attached hydrogen (secondary N) is 1. The first-order valence-electron chi connectivity index (χ1n) is 4.57. The highest BCUT2D eigenvalue weighted by atomic mass is 19.2. The zero-order valence-corrected chi connectivity index (χ0v) is 8.85. The van der Waals surface area contributed by atoms with Gasteiger partial charge in [-0.3, -0.25) is 0 Å². The van der Waals surface area contributed by atoms with Gasteiger partial charge in [0.2, 0.25) is 5.82 Å². The summed E-state index contributed by atoms with van der Waals surface area (Å²) >= 11 is 0. The van der Waals surface area contributed by atoms with E-state index in [1.54, 1.807) is 7.05 Å². The van der Waals surface area contributed by atoms with Gasteiger partial charge in [-0.05, 0) is 13.1 Å². The summed E-state index contributed by atoms with van der Waals surface area (Å²) in [5.74, 6) is -4.89. The molecule has 0 aliphatic rings. The fourth-order valence-electron chi connectivity index (χ4n) is 1.35. The number of ether oxygens (including phenoxy) is 1. The Morgan fingerprint density at radius 3 is 2.50 bits per heavy atom. The Hall–Kier alpha value is -1.27. The summed E-state index contributed by atoms with van der Waals surface area (Å²) in [6.07, 6.45) is -1.18. The zero-order chi connectivity index (χ0) is 12.3. The topological polar surface area (TPSA) is 41.5 Å². The molecule has 1 aromatic carbocycles. The van der Waals surface area contributed by atoms with Gasteiger partial charge in [-0.2, -0.15) is 4.39 Å². The largest absolute Gasteiger partial charge is 0.493 e. The number of hydrogen-bond donors (Lipinski definition) is 2. The fraction of sp³-hybridized carbons (Fsp3) is 0.400. The van der Waals surface area contributed by atoms with Crippen molar-refractivity contribution < 1.29 is 23.0 Å². The molecule has 16 heavy (non-hydrogen) atoms. The number of aliphatic hydroxyl groups is 1. The second-order valence-corrected chi connectivity index (χ2v) is 3.18. The van der Waals surface area contributed by atoms with Gasteiger partial charge in [0.1, 0.15) is 0 Å². The van der Waals surface area contributed by atoms with E-state index >= 15 is 0 Å². The molecular formula is C10H12F3NO2. The quantitative estimate of drug-likeness (QED) is 0.774. The molecule has 1 aromatic rings. The summed E-state index contributed by atoms with van der Waals surface area (Å²) in [5.41, 5.74) is -0.131. The van der Waals surface area contributed by atoms with Crippen LogP contribution >= 0.6 is 0 Å². The van der Waals surface area contributed by atoms with Crippen molar-refractivity contribution in [3.8, 4) is 5.75 Å². The summed E-state index contributed by atoms with van der Waals surface area (Å²) in [5, 5.41) is 12.2. The third-order valence-corrected chi connectivity index (χ3v) is 2.11. The monoisotopic (exact) mass is 235 g/mol. The molecule has 0 bridgehead atoms. The summed E-state index contributed by atoms with van der Waals surface area (Å²) in [6.45, 7) is 0.0703. The van der Waals surface area contributed by atoms with Crippen LogP contribution in [0.15, 0.2) is 6.07 Å². The number of rotatable bonds is 4. The summed E-state index contributed by atoms with van der Waals surface area (Å²) in [4.78, 5) is 0. The Morgan fingerprint density at radius 2 is 2.00 bits per heavy atom. The van der Waals surface area contributed by atoms with Gasteiger partial charge in [-0.15, -0.1) is 0 Å². The standard InChI is InChI=1S/C10H12F3NO2/c1-14-4-7(15)5-3-6(11)8(12)9(13)10(5)16-2/h3,7,14-15H,4H2,1-2H3. The molecule has 0 aliphatic carbocycles. The number of benzene rings is 1. The van der Waals surface area contributed by atoms with Crippen LogP contribution in [0.2, 0.25) is 0 Å². The molecule has 1 atom stereocenters. The van der Waals surface area contributed by atoms with Gasteiger partial charge in [0, 0.05) is 12.1 Å². The summed E-state index contributed by atoms with van der Waals surface area (Å²) < 4.78 is 43.7. The van der Waals surface area contributed by atoms with Crippen LogP contribution in [0.5, 0.6) is 5.75 Å². The Labute approximate surface area is 90.8 Å². The van der Waals surface area contributed by atoms with Gasteiger partial charge >= 0.3 is 0 Å². The minimum Gasteiger partial charge on any atom is -0.493 e. The molecule has 0 saturated carbocycles. The molecule has 0 heterocycles. The number of aliphatic hydroxyl groups excluding tert-OH is 1. The third-order valence-electron chi connectivity index (χ3n) is 2.11. The molecule has 0 aromatic heterocycles. The van der Waals surface area contributed by atoms with E-state index in [1.165, 1.54) is 0 Å². The SMILES string of the molecule is CNCC(O)c1cc(F)c(F)c(F)c1OC. The Morgan fingerprint density at radius 1 is 1.38 bits per heavy atom. The Bertz CT molecular complexity index is 385. The van der Waals surface area contributed by atoms with Crippen LogP contribution in [0, 0.1) is 17.5 Å². The predicted molar refractivity (Wildman–Crippen MR) is 51.8 cm³/mol. The van der Waals surface area contributed by atoms with Crippen LogP contribution in [0.25, 0.3) is 0 Å². The van der Waals surface area contributed by atoms with Gasteiger partial charge in [-0.1, -0.05) is 0 Å². The highest BCUT2D eigenvalue weighted by Gasteiger charge is 2.23. The van der Waals surface area contributed by atoms with E-state index in [4.69, 9.17) is 0 Å². The van der Waals surface area contributed by atoms with E-state index < -0.39 is 29.3 Å². The molecule has 0 fully saturated rings. The first-order valence-corrected chi connectivity index (χ1v) is 4.57. The van der Waals surface area contributed by atoms with E-state index in [-0.39, 0.29) is 12.1 Å². The molecule has 1 unspecified atom stereocenters. The van der Waals surface area contributed by atoms with Crippen LogP contribution in [0.4, 0.5) is 13.2 Å². The van der Waals surface area contributed by atoms with Crippen molar-refractivity contribution in [2.75, 3.05) is 20.7 Å². The van der Waals surface area contributed by atoms with Crippen molar-refractivity contribution in [3.05, 3.63) is 29.1 Å². The van der Waals surface area contributed by atoms with Crippen molar-refractivity contribution in [1.29, 1.82) is 0 Å². The van der Waals surface area contributed by atoms with E-state index in [0.717, 1.165) is 13.2 Å². The predicted octanol–water partition coefficient (Wildman–Crippen LogP) is 1.37. The van der Waals surface area contributed by atoms with Crippen LogP contribution in [0.3, 0.4) is 0 Å². The maximum Gasteiger partial charge on any atom is 0.204 e. The lowest BCUT2D eigenvalue weighted by atomic mass is 10.1. The molecule has 0 spiro atoms. The van der Waals surface area contributed by atoms with Crippen molar-refractivity contribution in [3.63, 3.8) is 0 Å². The third kappa shape index (κ3) is 2.28. The zero-order valence-electron chi connectivity index (χ0n) is 8.85. The van der Waals surface area contributed by atoms with Crippen LogP contribution in [0.1, 0.15) is 11.7 Å². The molecule has 3 nitrogen and oxygen atoms in total. The average Bonchev–Trinajstić information content (AvgIpc) is 2.26. The molecule has 90 valence electrons. The second kappa shape index (κ2) is 5.18. The van der Waals surface area contributed by atoms with Crippen molar-refractivity contribution >= 4 is 0 Å². The van der Waals surface area contributed by atoms with E-state index in [9.17, 15) is 18.3 Å². The maximum atomic E-state index is 13.3. The fourth-order valence-corrected chi connectivity index (χ4v) is 1.35. The minimum atomic E-state index is -1.61. The molecular weight excluding hydrogens is 223 g/mol. The van der Waals surface area contributed by atoms with Crippen molar-refractivity contribution in [1.82, 2.24) is 5.32 Å². The Kier molecular flexibility index (Phi) is 4.14. The van der Waals surface area contributed by atoms with Crippen LogP contribution in [-0.4, -0.2) is 25.8 Å². The number of hydrogen-bond acceptors (Lipinski definition) is 3. The second-order valence-electron chi connectivity index (χ2n) is 3.18. The maximum absolute atomic E-state index is 13.3. The average molecular weight is 235 g/mol. The lowest BCUT2D eigenvalue weighted by molar-refractivity contribution is 0.171. The molecule has 0 radical (unpaired) electrons. The van der Waals surface area contributed by atoms with Gasteiger partial charge in [0.15, 0.2) is 17.4 Å². The highest BCUT2D eigenvalue weighted by molar-refractivity contribution is 5.38. The molecule has 0 amide bonds. The lowest BCUT2D eigenvalue weighted by Gasteiger charge is -2.15. The van der Waals surface area contributed by atoms with E-state index in [2.05, 4.69) is 10.1 Å². The van der Waals surface area contributed by atoms with E-state index in [1.807, 2.05) is 0 Å². The molecule has 0 aliphatic heterocycles. The Balaban J connectivity index is 3.27. The normalized spacial score (nSPS) is 12.6. The molecule has 1 rings (SSSR count). The van der Waals surface area contributed by atoms with Crippen molar-refractivity contribution in [2.24, 2.45) is 0 Å². The smallest absolute Gasteiger partial charge is 0.204 e. The van der Waals surface area contributed by atoms with Gasteiger partial charge < -0.3 is 15.2 Å². The molecule has 0 saturated heterocycles. The molecule has 2 N–H and O–H groups in total. The van der Waals surface area contributed by atoms with Gasteiger partial charge in [0.25, 0.3) is 0 Å². The van der Waals surface area contributed by atoms with Gasteiger partial charge in [-0.25, -0.2) is 8.78 Å². The highest BCUT2D eigenvalue weighted by Crippen LogP contribution is 2.31. The summed E-state index contributed by atoms with van der Waals surface area (Å²) in [6, 6.07) is 0.721. The number of halogens is 3. The summed E-state index contributed by atoms with van der Waals surface area (Å²) in [7, 11) is 2.68. The van der Waals surface area contributed by atoms with Crippen molar-refractivity contribution in [2.45, 2.75) is 6.10 Å². The number of likely N-dealkylation sites (N-methyl/N-ethyl adjacent to an activating group) is 1. The lowest BCUT2D eigenvalue weighted by Crippen LogP contribution is -2.18. The minimum absolute atomic E-state index is 0.0703. The number of methoxy groups -OCH3 is 1. The first kappa shape index (κ1) is 12.8. The van der Waals surface area contributed by atoms with Gasteiger partial charge in [0.05, 0.1) is 13.2 Å². The first-order chi connectivity index (χ1) is 7.52.